The molecule has 2 heterocycles. The lowest BCUT2D eigenvalue weighted by Crippen LogP contribution is -2.32. The zero-order valence-corrected chi connectivity index (χ0v) is 12.2. The summed E-state index contributed by atoms with van der Waals surface area (Å²) in [5.74, 6) is -0.799. The standard InChI is InChI=1S/C16H17NO2S/c1-11(12-5-3-2-4-6-12)17-8-7-13-14(16(18)19)10-20-15(13)9-17/h2-6,10-11H,7-9H2,1H3,(H,18,19). The number of hydrogen-bond acceptors (Lipinski definition) is 3. The van der Waals surface area contributed by atoms with Crippen LogP contribution in [-0.4, -0.2) is 22.5 Å². The van der Waals surface area contributed by atoms with Crippen molar-refractivity contribution in [1.82, 2.24) is 4.90 Å². The van der Waals surface area contributed by atoms with E-state index in [1.165, 1.54) is 10.4 Å². The maximum Gasteiger partial charge on any atom is 0.336 e. The number of carboxylic acids is 1. The molecule has 0 fully saturated rings. The molecular weight excluding hydrogens is 270 g/mol. The van der Waals surface area contributed by atoms with Gasteiger partial charge < -0.3 is 5.11 Å². The quantitative estimate of drug-likeness (QED) is 0.938. The summed E-state index contributed by atoms with van der Waals surface area (Å²) in [4.78, 5) is 14.8. The van der Waals surface area contributed by atoms with Crippen LogP contribution in [0.25, 0.3) is 0 Å². The van der Waals surface area contributed by atoms with Crippen molar-refractivity contribution in [3.63, 3.8) is 0 Å². The van der Waals surface area contributed by atoms with Gasteiger partial charge in [0.25, 0.3) is 0 Å². The Morgan fingerprint density at radius 1 is 1.35 bits per heavy atom. The van der Waals surface area contributed by atoms with Gasteiger partial charge >= 0.3 is 5.97 Å². The average molecular weight is 287 g/mol. The fourth-order valence-electron chi connectivity index (χ4n) is 2.80. The molecule has 1 aliphatic rings. The molecular formula is C16H17NO2S. The number of thiophene rings is 1. The predicted octanol–water partition coefficient (Wildman–Crippen LogP) is 3.57. The highest BCUT2D eigenvalue weighted by Crippen LogP contribution is 2.32. The van der Waals surface area contributed by atoms with Gasteiger partial charge in [-0.3, -0.25) is 4.90 Å². The average Bonchev–Trinajstić information content (AvgIpc) is 2.90. The van der Waals surface area contributed by atoms with E-state index in [0.29, 0.717) is 11.6 Å². The second kappa shape index (κ2) is 5.38. The molecule has 0 radical (unpaired) electrons. The molecule has 1 aromatic carbocycles. The third kappa shape index (κ3) is 2.37. The van der Waals surface area contributed by atoms with Crippen LogP contribution in [0.5, 0.6) is 0 Å². The molecule has 104 valence electrons. The second-order valence-electron chi connectivity index (χ2n) is 5.16. The number of benzene rings is 1. The first-order chi connectivity index (χ1) is 9.66. The molecule has 3 nitrogen and oxygen atoms in total. The number of nitrogens with zero attached hydrogens (tertiary/aromatic N) is 1. The third-order valence-corrected chi connectivity index (χ3v) is 5.05. The Labute approximate surface area is 122 Å². The van der Waals surface area contributed by atoms with E-state index in [2.05, 4.69) is 36.1 Å². The van der Waals surface area contributed by atoms with Gasteiger partial charge in [0, 0.05) is 29.4 Å². The first-order valence-electron chi connectivity index (χ1n) is 6.78. The summed E-state index contributed by atoms with van der Waals surface area (Å²) in [6.07, 6.45) is 0.831. The first-order valence-corrected chi connectivity index (χ1v) is 7.66. The van der Waals surface area contributed by atoms with Gasteiger partial charge in [-0.15, -0.1) is 11.3 Å². The first kappa shape index (κ1) is 13.3. The van der Waals surface area contributed by atoms with E-state index >= 15 is 0 Å². The molecule has 2 aromatic rings. The van der Waals surface area contributed by atoms with E-state index in [0.717, 1.165) is 25.1 Å². The van der Waals surface area contributed by atoms with Crippen molar-refractivity contribution in [2.24, 2.45) is 0 Å². The van der Waals surface area contributed by atoms with Gasteiger partial charge in [0.15, 0.2) is 0 Å². The minimum absolute atomic E-state index is 0.361. The number of rotatable bonds is 3. The Bertz CT molecular complexity index is 621. The summed E-state index contributed by atoms with van der Waals surface area (Å²) >= 11 is 1.57. The Hall–Kier alpha value is -1.65. The van der Waals surface area contributed by atoms with Gasteiger partial charge in [-0.05, 0) is 24.5 Å². The third-order valence-electron chi connectivity index (χ3n) is 4.04. The molecule has 1 atom stereocenters. The van der Waals surface area contributed by atoms with Crippen molar-refractivity contribution < 1.29 is 9.90 Å². The second-order valence-corrected chi connectivity index (χ2v) is 6.13. The Morgan fingerprint density at radius 2 is 2.10 bits per heavy atom. The molecule has 4 heteroatoms. The molecule has 1 aromatic heterocycles. The summed E-state index contributed by atoms with van der Waals surface area (Å²) < 4.78 is 0. The van der Waals surface area contributed by atoms with Gasteiger partial charge in [0.2, 0.25) is 0 Å². The highest BCUT2D eigenvalue weighted by atomic mass is 32.1. The number of fused-ring (bicyclic) bond motifs is 1. The maximum atomic E-state index is 11.2. The van der Waals surface area contributed by atoms with Crippen LogP contribution in [0.4, 0.5) is 0 Å². The van der Waals surface area contributed by atoms with Crippen LogP contribution in [0.15, 0.2) is 35.7 Å². The minimum atomic E-state index is -0.799. The van der Waals surface area contributed by atoms with Crippen molar-refractivity contribution in [1.29, 1.82) is 0 Å². The van der Waals surface area contributed by atoms with Crippen molar-refractivity contribution in [2.75, 3.05) is 6.54 Å². The SMILES string of the molecule is CC(c1ccccc1)N1CCc2c(C(=O)O)csc2C1. The fourth-order valence-corrected chi connectivity index (χ4v) is 3.90. The summed E-state index contributed by atoms with van der Waals surface area (Å²) in [6.45, 7) is 3.98. The monoisotopic (exact) mass is 287 g/mol. The molecule has 0 saturated heterocycles. The van der Waals surface area contributed by atoms with Gasteiger partial charge in [0.1, 0.15) is 0 Å². The van der Waals surface area contributed by atoms with Crippen LogP contribution in [0.1, 0.15) is 39.3 Å². The molecule has 3 rings (SSSR count). The van der Waals surface area contributed by atoms with Gasteiger partial charge in [-0.25, -0.2) is 4.79 Å². The topological polar surface area (TPSA) is 40.5 Å². The van der Waals surface area contributed by atoms with E-state index in [1.54, 1.807) is 16.7 Å². The van der Waals surface area contributed by atoms with Crippen molar-refractivity contribution in [3.8, 4) is 0 Å². The fraction of sp³-hybridized carbons (Fsp3) is 0.312. The van der Waals surface area contributed by atoms with E-state index in [1.807, 2.05) is 6.07 Å². The Kier molecular flexibility index (Phi) is 3.59. The summed E-state index contributed by atoms with van der Waals surface area (Å²) in [5.41, 5.74) is 2.85. The predicted molar refractivity (Wildman–Crippen MR) is 80.2 cm³/mol. The number of carbonyl (C=O) groups is 1. The number of carboxylic acid groups (broad SMARTS) is 1. The van der Waals surface area contributed by atoms with Gasteiger partial charge in [0.05, 0.1) is 5.56 Å². The molecule has 1 unspecified atom stereocenters. The highest BCUT2D eigenvalue weighted by molar-refractivity contribution is 7.10. The van der Waals surface area contributed by atoms with Crippen molar-refractivity contribution in [2.45, 2.75) is 25.9 Å². The lowest BCUT2D eigenvalue weighted by molar-refractivity contribution is 0.0695. The normalized spacial score (nSPS) is 16.6. The van der Waals surface area contributed by atoms with E-state index < -0.39 is 5.97 Å². The molecule has 0 bridgehead atoms. The molecule has 1 aliphatic heterocycles. The summed E-state index contributed by atoms with van der Waals surface area (Å²) in [7, 11) is 0. The zero-order chi connectivity index (χ0) is 14.1. The molecule has 0 spiro atoms. The summed E-state index contributed by atoms with van der Waals surface area (Å²) in [5, 5.41) is 11.0. The van der Waals surface area contributed by atoms with Crippen LogP contribution < -0.4 is 0 Å². The van der Waals surface area contributed by atoms with Crippen molar-refractivity contribution in [3.05, 3.63) is 57.3 Å². The van der Waals surface area contributed by atoms with E-state index in [-0.39, 0.29) is 0 Å². The Balaban J connectivity index is 1.81. The smallest absolute Gasteiger partial charge is 0.336 e. The van der Waals surface area contributed by atoms with Crippen LogP contribution in [-0.2, 0) is 13.0 Å². The zero-order valence-electron chi connectivity index (χ0n) is 11.4. The van der Waals surface area contributed by atoms with Crippen LogP contribution in [0, 0.1) is 0 Å². The number of hydrogen-bond donors (Lipinski definition) is 1. The minimum Gasteiger partial charge on any atom is -0.478 e. The molecule has 1 N–H and O–H groups in total. The molecule has 0 aliphatic carbocycles. The van der Waals surface area contributed by atoms with Gasteiger partial charge in [-0.1, -0.05) is 30.3 Å². The Morgan fingerprint density at radius 3 is 2.80 bits per heavy atom. The molecule has 0 saturated carbocycles. The molecule has 20 heavy (non-hydrogen) atoms. The van der Waals surface area contributed by atoms with Crippen molar-refractivity contribution >= 4 is 17.3 Å². The summed E-state index contributed by atoms with van der Waals surface area (Å²) in [6, 6.07) is 10.8. The van der Waals surface area contributed by atoms with Crippen LogP contribution in [0.2, 0.25) is 0 Å². The van der Waals surface area contributed by atoms with E-state index in [9.17, 15) is 9.90 Å². The van der Waals surface area contributed by atoms with Gasteiger partial charge in [-0.2, -0.15) is 0 Å². The van der Waals surface area contributed by atoms with Crippen LogP contribution >= 0.6 is 11.3 Å². The molecule has 0 amide bonds. The highest BCUT2D eigenvalue weighted by Gasteiger charge is 2.26. The lowest BCUT2D eigenvalue weighted by Gasteiger charge is -2.32. The number of aromatic carboxylic acids is 1. The largest absolute Gasteiger partial charge is 0.478 e. The lowest BCUT2D eigenvalue weighted by atomic mass is 10.00. The maximum absolute atomic E-state index is 11.2. The van der Waals surface area contributed by atoms with E-state index in [4.69, 9.17) is 0 Å². The van der Waals surface area contributed by atoms with Crippen LogP contribution in [0.3, 0.4) is 0 Å².